The maximum Gasteiger partial charge on any atom is 0.426 e. The summed E-state index contributed by atoms with van der Waals surface area (Å²) >= 11 is 0. The molecule has 0 atom stereocenters. The van der Waals surface area contributed by atoms with Gasteiger partial charge in [-0.25, -0.2) is 15.6 Å². The molecule has 2 aromatic rings. The predicted molar refractivity (Wildman–Crippen MR) is 56.4 cm³/mol. The van der Waals surface area contributed by atoms with Crippen molar-refractivity contribution in [2.45, 2.75) is 0 Å². The van der Waals surface area contributed by atoms with E-state index in [0.717, 1.165) is 0 Å². The number of nitrogens with two attached hydrogens (primary N) is 1. The zero-order valence-electron chi connectivity index (χ0n) is 7.79. The first-order valence-electron chi connectivity index (χ1n) is 4.31. The third-order valence-corrected chi connectivity index (χ3v) is 2.09. The second kappa shape index (κ2) is 3.55. The van der Waals surface area contributed by atoms with Crippen molar-refractivity contribution in [2.75, 3.05) is 5.01 Å². The number of carboxylic acid groups (broad SMARTS) is 1. The van der Waals surface area contributed by atoms with Crippen molar-refractivity contribution in [1.82, 2.24) is 4.98 Å². The van der Waals surface area contributed by atoms with Crippen LogP contribution in [-0.4, -0.2) is 16.2 Å². The molecule has 0 saturated carbocycles. The molecule has 15 heavy (non-hydrogen) atoms. The summed E-state index contributed by atoms with van der Waals surface area (Å²) in [6.45, 7) is 0. The number of rotatable bonds is 1. The third kappa shape index (κ3) is 1.60. The van der Waals surface area contributed by atoms with Crippen molar-refractivity contribution in [1.29, 1.82) is 0 Å². The van der Waals surface area contributed by atoms with Crippen molar-refractivity contribution < 1.29 is 9.90 Å². The maximum absolute atomic E-state index is 10.7. The van der Waals surface area contributed by atoms with Gasteiger partial charge in [0.15, 0.2) is 0 Å². The molecule has 0 saturated heterocycles. The number of anilines is 1. The predicted octanol–water partition coefficient (Wildman–Crippen LogP) is 1.59. The molecule has 1 heterocycles. The van der Waals surface area contributed by atoms with E-state index in [-0.39, 0.29) is 0 Å². The number of carbonyl (C=O) groups is 1. The second-order valence-electron chi connectivity index (χ2n) is 3.00. The first-order chi connectivity index (χ1) is 7.20. The highest BCUT2D eigenvalue weighted by atomic mass is 16.4. The summed E-state index contributed by atoms with van der Waals surface area (Å²) in [6, 6.07) is 8.67. The minimum absolute atomic E-state index is 0.424. The normalized spacial score (nSPS) is 10.2. The highest BCUT2D eigenvalue weighted by molar-refractivity contribution is 5.98. The van der Waals surface area contributed by atoms with E-state index in [1.54, 1.807) is 36.5 Å². The average Bonchev–Trinajstić information content (AvgIpc) is 2.27. The minimum atomic E-state index is -1.20. The van der Waals surface area contributed by atoms with Crippen molar-refractivity contribution in [3.05, 3.63) is 36.5 Å². The van der Waals surface area contributed by atoms with E-state index in [1.807, 2.05) is 0 Å². The van der Waals surface area contributed by atoms with Gasteiger partial charge in [0.05, 0.1) is 11.2 Å². The lowest BCUT2D eigenvalue weighted by molar-refractivity contribution is 0.202. The van der Waals surface area contributed by atoms with Gasteiger partial charge in [-0.3, -0.25) is 4.98 Å². The molecule has 76 valence electrons. The number of hydrazine groups is 1. The molecule has 0 unspecified atom stereocenters. The number of amides is 1. The molecular formula is C10H9N3O2. The molecule has 5 nitrogen and oxygen atoms in total. The van der Waals surface area contributed by atoms with Crippen LogP contribution in [0.4, 0.5) is 10.5 Å². The Hall–Kier alpha value is -2.14. The zero-order valence-corrected chi connectivity index (χ0v) is 7.79. The Bertz CT molecular complexity index is 507. The molecule has 0 aliphatic heterocycles. The summed E-state index contributed by atoms with van der Waals surface area (Å²) in [5.74, 6) is 5.41. The molecule has 0 aliphatic carbocycles. The van der Waals surface area contributed by atoms with Crippen LogP contribution in [0.1, 0.15) is 0 Å². The fourth-order valence-electron chi connectivity index (χ4n) is 1.40. The van der Waals surface area contributed by atoms with Crippen molar-refractivity contribution in [3.63, 3.8) is 0 Å². The van der Waals surface area contributed by atoms with E-state index in [9.17, 15) is 4.79 Å². The van der Waals surface area contributed by atoms with Crippen LogP contribution in [0.15, 0.2) is 36.5 Å². The van der Waals surface area contributed by atoms with E-state index in [4.69, 9.17) is 10.9 Å². The summed E-state index contributed by atoms with van der Waals surface area (Å²) in [5.41, 5.74) is 1.14. The number of aromatic nitrogens is 1. The Kier molecular flexibility index (Phi) is 2.23. The zero-order chi connectivity index (χ0) is 10.8. The highest BCUT2D eigenvalue weighted by Gasteiger charge is 2.12. The summed E-state index contributed by atoms with van der Waals surface area (Å²) in [4.78, 5) is 14.8. The molecule has 1 amide bonds. The Morgan fingerprint density at radius 2 is 2.13 bits per heavy atom. The van der Waals surface area contributed by atoms with Crippen LogP contribution in [0.2, 0.25) is 0 Å². The van der Waals surface area contributed by atoms with E-state index in [0.29, 0.717) is 21.6 Å². The first kappa shape index (κ1) is 9.42. The van der Waals surface area contributed by atoms with Gasteiger partial charge in [-0.2, -0.15) is 0 Å². The summed E-state index contributed by atoms with van der Waals surface area (Å²) in [5, 5.41) is 10.2. The van der Waals surface area contributed by atoms with Gasteiger partial charge in [0.1, 0.15) is 0 Å². The summed E-state index contributed by atoms with van der Waals surface area (Å²) in [6.07, 6.45) is 0.444. The van der Waals surface area contributed by atoms with E-state index >= 15 is 0 Å². The smallest absolute Gasteiger partial charge is 0.426 e. The molecule has 0 radical (unpaired) electrons. The fourth-order valence-corrected chi connectivity index (χ4v) is 1.40. The second-order valence-corrected chi connectivity index (χ2v) is 3.00. The van der Waals surface area contributed by atoms with Gasteiger partial charge in [-0.05, 0) is 24.3 Å². The number of pyridine rings is 1. The van der Waals surface area contributed by atoms with Gasteiger partial charge in [0.2, 0.25) is 0 Å². The summed E-state index contributed by atoms with van der Waals surface area (Å²) < 4.78 is 0. The van der Waals surface area contributed by atoms with Crippen molar-refractivity contribution >= 4 is 22.7 Å². The third-order valence-electron chi connectivity index (χ3n) is 2.09. The average molecular weight is 203 g/mol. The minimum Gasteiger partial charge on any atom is -0.464 e. The van der Waals surface area contributed by atoms with Crippen molar-refractivity contribution in [3.8, 4) is 0 Å². The highest BCUT2D eigenvalue weighted by Crippen LogP contribution is 2.23. The van der Waals surface area contributed by atoms with Crippen LogP contribution in [0.5, 0.6) is 0 Å². The molecule has 3 N–H and O–H groups in total. The number of benzene rings is 1. The number of hydrogen-bond donors (Lipinski definition) is 2. The quantitative estimate of drug-likeness (QED) is 0.419. The van der Waals surface area contributed by atoms with Gasteiger partial charge in [0.25, 0.3) is 0 Å². The molecular weight excluding hydrogens is 194 g/mol. The Morgan fingerprint density at radius 1 is 1.33 bits per heavy atom. The number of fused-ring (bicyclic) bond motifs is 1. The monoisotopic (exact) mass is 203 g/mol. The van der Waals surface area contributed by atoms with E-state index in [2.05, 4.69) is 4.98 Å². The van der Waals surface area contributed by atoms with Crippen LogP contribution >= 0.6 is 0 Å². The molecule has 5 heteroatoms. The van der Waals surface area contributed by atoms with Crippen LogP contribution in [0.25, 0.3) is 10.9 Å². The Morgan fingerprint density at radius 3 is 2.87 bits per heavy atom. The van der Waals surface area contributed by atoms with E-state index in [1.165, 1.54) is 0 Å². The molecule has 0 spiro atoms. The number of nitrogens with zero attached hydrogens (tertiary/aromatic N) is 2. The Balaban J connectivity index is 2.65. The largest absolute Gasteiger partial charge is 0.464 e. The molecule has 0 bridgehead atoms. The van der Waals surface area contributed by atoms with Crippen LogP contribution < -0.4 is 10.9 Å². The summed E-state index contributed by atoms with van der Waals surface area (Å²) in [7, 11) is 0. The van der Waals surface area contributed by atoms with Crippen molar-refractivity contribution in [2.24, 2.45) is 5.84 Å². The SMILES string of the molecule is NN(C(=O)O)c1cccc2ncccc12. The fraction of sp³-hybridized carbons (Fsp3) is 0. The first-order valence-corrected chi connectivity index (χ1v) is 4.31. The van der Waals surface area contributed by atoms with Gasteiger partial charge in [-0.1, -0.05) is 6.07 Å². The lowest BCUT2D eigenvalue weighted by Gasteiger charge is -2.14. The lowest BCUT2D eigenvalue weighted by Crippen LogP contribution is -2.36. The number of hydrogen-bond acceptors (Lipinski definition) is 3. The Labute approximate surface area is 85.7 Å². The van der Waals surface area contributed by atoms with Gasteiger partial charge >= 0.3 is 6.09 Å². The van der Waals surface area contributed by atoms with Crippen LogP contribution in [-0.2, 0) is 0 Å². The molecule has 0 aliphatic rings. The van der Waals surface area contributed by atoms with Gasteiger partial charge in [0, 0.05) is 11.6 Å². The lowest BCUT2D eigenvalue weighted by atomic mass is 10.2. The van der Waals surface area contributed by atoms with Crippen LogP contribution in [0.3, 0.4) is 0 Å². The molecule has 2 rings (SSSR count). The standard InChI is InChI=1S/C10H9N3O2/c11-13(10(14)15)9-5-1-4-8-7(9)3-2-6-12-8/h1-6H,11H2,(H,14,15). The maximum atomic E-state index is 10.7. The van der Waals surface area contributed by atoms with Gasteiger partial charge < -0.3 is 5.11 Å². The molecule has 1 aromatic heterocycles. The van der Waals surface area contributed by atoms with Gasteiger partial charge in [-0.15, -0.1) is 0 Å². The molecule has 0 fully saturated rings. The topological polar surface area (TPSA) is 79.5 Å². The van der Waals surface area contributed by atoms with Crippen LogP contribution in [0, 0.1) is 0 Å². The van der Waals surface area contributed by atoms with E-state index < -0.39 is 6.09 Å². The molecule has 1 aromatic carbocycles.